The quantitative estimate of drug-likeness (QED) is 0.676. The van der Waals surface area contributed by atoms with E-state index in [1.165, 1.54) is 37.1 Å². The van der Waals surface area contributed by atoms with Crippen LogP contribution >= 0.6 is 0 Å². The van der Waals surface area contributed by atoms with Gasteiger partial charge in [-0.05, 0) is 17.7 Å². The number of piperazine rings is 1. The highest BCUT2D eigenvalue weighted by atomic mass is 19.4. The first-order chi connectivity index (χ1) is 10.8. The van der Waals surface area contributed by atoms with Gasteiger partial charge in [0.25, 0.3) is 0 Å². The summed E-state index contributed by atoms with van der Waals surface area (Å²) in [7, 11) is 1.32. The SMILES string of the molecule is COc1cc([C@@H](N2CCNCC2)C(F)(F)F)ccc1OC(C)=O. The third-order valence-corrected chi connectivity index (χ3v) is 3.58. The number of methoxy groups -OCH3 is 1. The molecule has 23 heavy (non-hydrogen) atoms. The van der Waals surface area contributed by atoms with Crippen molar-refractivity contribution in [2.45, 2.75) is 19.1 Å². The number of nitrogens with zero attached hydrogens (tertiary/aromatic N) is 1. The van der Waals surface area contributed by atoms with Crippen molar-refractivity contribution < 1.29 is 27.4 Å². The number of hydrogen-bond acceptors (Lipinski definition) is 5. The van der Waals surface area contributed by atoms with E-state index in [1.54, 1.807) is 0 Å². The van der Waals surface area contributed by atoms with Crippen LogP contribution in [-0.4, -0.2) is 50.3 Å². The lowest BCUT2D eigenvalue weighted by atomic mass is 10.0. The highest BCUT2D eigenvalue weighted by Crippen LogP contribution is 2.40. The van der Waals surface area contributed by atoms with Crippen LogP contribution in [0.25, 0.3) is 0 Å². The molecule has 0 unspecified atom stereocenters. The summed E-state index contributed by atoms with van der Waals surface area (Å²) in [5.41, 5.74) is 0.0622. The number of rotatable bonds is 4. The summed E-state index contributed by atoms with van der Waals surface area (Å²) in [6.07, 6.45) is -4.41. The highest BCUT2D eigenvalue weighted by Gasteiger charge is 2.45. The summed E-state index contributed by atoms with van der Waals surface area (Å²) in [5.74, 6) is -0.363. The molecule has 1 aromatic rings. The molecule has 0 radical (unpaired) electrons. The molecule has 0 spiro atoms. The molecule has 5 nitrogen and oxygen atoms in total. The van der Waals surface area contributed by atoms with Gasteiger partial charge in [0, 0.05) is 33.1 Å². The Morgan fingerprint density at radius 2 is 1.91 bits per heavy atom. The predicted octanol–water partition coefficient (Wildman–Crippen LogP) is 2.13. The van der Waals surface area contributed by atoms with Crippen molar-refractivity contribution in [3.8, 4) is 11.5 Å². The molecule has 1 aromatic carbocycles. The van der Waals surface area contributed by atoms with Gasteiger partial charge in [-0.2, -0.15) is 13.2 Å². The van der Waals surface area contributed by atoms with Crippen LogP contribution in [-0.2, 0) is 4.79 Å². The molecule has 1 saturated heterocycles. The van der Waals surface area contributed by atoms with E-state index in [-0.39, 0.29) is 17.1 Å². The van der Waals surface area contributed by atoms with Gasteiger partial charge >= 0.3 is 12.1 Å². The van der Waals surface area contributed by atoms with Crippen LogP contribution in [0.4, 0.5) is 13.2 Å². The molecule has 1 fully saturated rings. The number of ether oxygens (including phenoxy) is 2. The molecule has 1 N–H and O–H groups in total. The molecule has 1 aliphatic heterocycles. The third kappa shape index (κ3) is 4.35. The number of nitrogens with one attached hydrogen (secondary N) is 1. The minimum atomic E-state index is -4.41. The molecular formula is C15H19F3N2O3. The molecule has 128 valence electrons. The average Bonchev–Trinajstić information content (AvgIpc) is 2.48. The first-order valence-corrected chi connectivity index (χ1v) is 7.20. The predicted molar refractivity (Wildman–Crippen MR) is 77.5 cm³/mol. The molecular weight excluding hydrogens is 313 g/mol. The average molecular weight is 332 g/mol. The minimum Gasteiger partial charge on any atom is -0.493 e. The standard InChI is InChI=1S/C15H19F3N2O3/c1-10(21)23-12-4-3-11(9-13(12)22-2)14(15(16,17)18)20-7-5-19-6-8-20/h3-4,9,14,19H,5-8H2,1-2H3/t14-/m1/s1. The Hall–Kier alpha value is -1.80. The summed E-state index contributed by atoms with van der Waals surface area (Å²) >= 11 is 0. The number of hydrogen-bond donors (Lipinski definition) is 1. The Morgan fingerprint density at radius 1 is 1.26 bits per heavy atom. The maximum absolute atomic E-state index is 13.5. The number of halogens is 3. The van der Waals surface area contributed by atoms with Crippen LogP contribution in [0.3, 0.4) is 0 Å². The smallest absolute Gasteiger partial charge is 0.408 e. The summed E-state index contributed by atoms with van der Waals surface area (Å²) in [6, 6.07) is 2.21. The normalized spacial score (nSPS) is 17.6. The first-order valence-electron chi connectivity index (χ1n) is 7.20. The molecule has 1 aliphatic rings. The maximum Gasteiger partial charge on any atom is 0.408 e. The van der Waals surface area contributed by atoms with Gasteiger partial charge in [0.1, 0.15) is 6.04 Å². The van der Waals surface area contributed by atoms with E-state index in [0.717, 1.165) is 0 Å². The molecule has 0 bridgehead atoms. The van der Waals surface area contributed by atoms with E-state index in [2.05, 4.69) is 5.32 Å². The molecule has 1 atom stereocenters. The Labute approximate surface area is 132 Å². The van der Waals surface area contributed by atoms with E-state index >= 15 is 0 Å². The largest absolute Gasteiger partial charge is 0.493 e. The van der Waals surface area contributed by atoms with Gasteiger partial charge in [-0.15, -0.1) is 0 Å². The Balaban J connectivity index is 2.36. The van der Waals surface area contributed by atoms with Crippen molar-refractivity contribution in [1.29, 1.82) is 0 Å². The van der Waals surface area contributed by atoms with Crippen molar-refractivity contribution >= 4 is 5.97 Å². The summed E-state index contributed by atoms with van der Waals surface area (Å²) in [4.78, 5) is 12.4. The molecule has 0 aliphatic carbocycles. The minimum absolute atomic E-state index is 0.0622. The second-order valence-corrected chi connectivity index (χ2v) is 5.23. The van der Waals surface area contributed by atoms with Gasteiger partial charge in [0.05, 0.1) is 7.11 Å². The zero-order chi connectivity index (χ0) is 17.0. The maximum atomic E-state index is 13.5. The van der Waals surface area contributed by atoms with Crippen molar-refractivity contribution in [3.05, 3.63) is 23.8 Å². The van der Waals surface area contributed by atoms with E-state index in [9.17, 15) is 18.0 Å². The van der Waals surface area contributed by atoms with Crippen molar-refractivity contribution in [1.82, 2.24) is 10.2 Å². The fourth-order valence-electron chi connectivity index (χ4n) is 2.64. The number of alkyl halides is 3. The summed E-state index contributed by atoms with van der Waals surface area (Å²) < 4.78 is 50.6. The zero-order valence-corrected chi connectivity index (χ0v) is 12.9. The van der Waals surface area contributed by atoms with E-state index in [4.69, 9.17) is 9.47 Å². The van der Waals surface area contributed by atoms with Crippen LogP contribution in [0.2, 0.25) is 0 Å². The second kappa shape index (κ2) is 7.18. The van der Waals surface area contributed by atoms with Crippen molar-refractivity contribution in [3.63, 3.8) is 0 Å². The van der Waals surface area contributed by atoms with Crippen molar-refractivity contribution in [2.75, 3.05) is 33.3 Å². The lowest BCUT2D eigenvalue weighted by molar-refractivity contribution is -0.187. The Bertz CT molecular complexity index is 557. The molecule has 2 rings (SSSR count). The molecule has 0 saturated carbocycles. The molecule has 0 aromatic heterocycles. The summed E-state index contributed by atoms with van der Waals surface area (Å²) in [6.45, 7) is 2.84. The van der Waals surface area contributed by atoms with Crippen LogP contribution in [0.1, 0.15) is 18.5 Å². The third-order valence-electron chi connectivity index (χ3n) is 3.58. The van der Waals surface area contributed by atoms with E-state index in [1.807, 2.05) is 0 Å². The Morgan fingerprint density at radius 3 is 2.43 bits per heavy atom. The zero-order valence-electron chi connectivity index (χ0n) is 12.9. The second-order valence-electron chi connectivity index (χ2n) is 5.23. The van der Waals surface area contributed by atoms with E-state index in [0.29, 0.717) is 26.2 Å². The van der Waals surface area contributed by atoms with Crippen molar-refractivity contribution in [2.24, 2.45) is 0 Å². The number of benzene rings is 1. The van der Waals surface area contributed by atoms with E-state index < -0.39 is 18.2 Å². The first kappa shape index (κ1) is 17.6. The number of esters is 1. The number of carbonyl (C=O) groups is 1. The number of carbonyl (C=O) groups excluding carboxylic acids is 1. The van der Waals surface area contributed by atoms with Gasteiger partial charge in [-0.25, -0.2) is 0 Å². The fourth-order valence-corrected chi connectivity index (χ4v) is 2.64. The lowest BCUT2D eigenvalue weighted by Gasteiger charge is -2.36. The van der Waals surface area contributed by atoms with Crippen LogP contribution in [0.5, 0.6) is 11.5 Å². The van der Waals surface area contributed by atoms with Gasteiger partial charge in [0.15, 0.2) is 11.5 Å². The van der Waals surface area contributed by atoms with Gasteiger partial charge < -0.3 is 14.8 Å². The van der Waals surface area contributed by atoms with Crippen LogP contribution in [0, 0.1) is 0 Å². The van der Waals surface area contributed by atoms with Gasteiger partial charge in [-0.3, -0.25) is 9.69 Å². The fraction of sp³-hybridized carbons (Fsp3) is 0.533. The monoisotopic (exact) mass is 332 g/mol. The Kier molecular flexibility index (Phi) is 5.48. The summed E-state index contributed by atoms with van der Waals surface area (Å²) in [5, 5.41) is 3.03. The van der Waals surface area contributed by atoms with Gasteiger partial charge in [0.2, 0.25) is 0 Å². The lowest BCUT2D eigenvalue weighted by Crippen LogP contribution is -2.49. The molecule has 0 amide bonds. The van der Waals surface area contributed by atoms with Crippen LogP contribution in [0.15, 0.2) is 18.2 Å². The topological polar surface area (TPSA) is 50.8 Å². The van der Waals surface area contributed by atoms with Crippen LogP contribution < -0.4 is 14.8 Å². The highest BCUT2D eigenvalue weighted by molar-refractivity contribution is 5.70. The van der Waals surface area contributed by atoms with Gasteiger partial charge in [-0.1, -0.05) is 6.07 Å². The molecule has 1 heterocycles. The molecule has 8 heteroatoms.